The summed E-state index contributed by atoms with van der Waals surface area (Å²) in [5.74, 6) is 0.924. The van der Waals surface area contributed by atoms with Gasteiger partial charge in [-0.15, -0.1) is 0 Å². The highest BCUT2D eigenvalue weighted by Crippen LogP contribution is 2.42. The summed E-state index contributed by atoms with van der Waals surface area (Å²) in [6, 6.07) is 15.5. The van der Waals surface area contributed by atoms with E-state index >= 15 is 0 Å². The maximum absolute atomic E-state index is 13.3. The maximum Gasteiger partial charge on any atom is 0.235 e. The van der Waals surface area contributed by atoms with E-state index in [1.54, 1.807) is 0 Å². The summed E-state index contributed by atoms with van der Waals surface area (Å²) < 4.78 is 5.91. The van der Waals surface area contributed by atoms with Gasteiger partial charge in [-0.2, -0.15) is 0 Å². The van der Waals surface area contributed by atoms with Crippen molar-refractivity contribution in [3.8, 4) is 5.75 Å². The molecule has 4 rings (SSSR count). The minimum atomic E-state index is -0.464. The summed E-state index contributed by atoms with van der Waals surface area (Å²) in [5, 5.41) is 3.84. The second kappa shape index (κ2) is 10.5. The monoisotopic (exact) mass is 440 g/mol. The number of rotatable bonds is 8. The molecule has 2 aromatic carbocycles. The topological polar surface area (TPSA) is 41.6 Å². The van der Waals surface area contributed by atoms with Crippen LogP contribution in [0.2, 0.25) is 5.02 Å². The molecule has 4 nitrogen and oxygen atoms in total. The van der Waals surface area contributed by atoms with Crippen LogP contribution in [-0.2, 0) is 10.2 Å². The Bertz CT molecular complexity index is 839. The van der Waals surface area contributed by atoms with Crippen molar-refractivity contribution in [2.45, 2.75) is 56.8 Å². The number of ether oxygens (including phenoxy) is 1. The summed E-state index contributed by atoms with van der Waals surface area (Å²) in [4.78, 5) is 15.8. The minimum Gasteiger partial charge on any atom is -0.494 e. The van der Waals surface area contributed by atoms with Crippen LogP contribution in [0.4, 0.5) is 5.69 Å². The zero-order chi connectivity index (χ0) is 21.5. The highest BCUT2D eigenvalue weighted by atomic mass is 35.5. The number of carbonyl (C=O) groups is 1. The third kappa shape index (κ3) is 5.61. The van der Waals surface area contributed by atoms with Crippen molar-refractivity contribution in [1.29, 1.82) is 0 Å². The molecule has 1 aliphatic heterocycles. The Morgan fingerprint density at radius 1 is 0.935 bits per heavy atom. The van der Waals surface area contributed by atoms with Gasteiger partial charge in [0.05, 0.1) is 12.0 Å². The van der Waals surface area contributed by atoms with Crippen molar-refractivity contribution in [2.24, 2.45) is 0 Å². The van der Waals surface area contributed by atoms with Gasteiger partial charge in [0.1, 0.15) is 5.75 Å². The fraction of sp³-hybridized carbons (Fsp3) is 0.500. The number of likely N-dealkylation sites (tertiary alicyclic amines) is 1. The fourth-order valence-corrected chi connectivity index (χ4v) is 5.07. The number of anilines is 1. The molecule has 1 N–H and O–H groups in total. The van der Waals surface area contributed by atoms with Crippen LogP contribution >= 0.6 is 11.6 Å². The third-order valence-corrected chi connectivity index (χ3v) is 6.99. The van der Waals surface area contributed by atoms with Gasteiger partial charge >= 0.3 is 0 Å². The van der Waals surface area contributed by atoms with Crippen molar-refractivity contribution in [3.63, 3.8) is 0 Å². The Morgan fingerprint density at radius 2 is 1.61 bits per heavy atom. The number of carbonyl (C=O) groups excluding carboxylic acids is 1. The van der Waals surface area contributed by atoms with Crippen LogP contribution in [0.25, 0.3) is 0 Å². The normalized spacial score (nSPS) is 18.6. The largest absolute Gasteiger partial charge is 0.494 e. The van der Waals surface area contributed by atoms with E-state index in [-0.39, 0.29) is 5.91 Å². The molecule has 2 fully saturated rings. The molecule has 31 heavy (non-hydrogen) atoms. The Labute approximate surface area is 190 Å². The molecule has 2 aliphatic rings. The van der Waals surface area contributed by atoms with Gasteiger partial charge in [0, 0.05) is 17.3 Å². The average molecular weight is 441 g/mol. The van der Waals surface area contributed by atoms with Crippen LogP contribution in [0.5, 0.6) is 5.75 Å². The quantitative estimate of drug-likeness (QED) is 0.508. The van der Waals surface area contributed by atoms with E-state index in [1.807, 2.05) is 48.5 Å². The summed E-state index contributed by atoms with van der Waals surface area (Å²) in [5.41, 5.74) is 1.40. The predicted octanol–water partition coefficient (Wildman–Crippen LogP) is 6.05. The molecule has 2 aromatic rings. The number of nitrogens with one attached hydrogen (secondary N) is 1. The lowest BCUT2D eigenvalue weighted by atomic mass is 9.78. The first-order valence-corrected chi connectivity index (χ1v) is 12.1. The number of benzene rings is 2. The summed E-state index contributed by atoms with van der Waals surface area (Å²) in [6.45, 7) is 4.29. The zero-order valence-electron chi connectivity index (χ0n) is 18.2. The highest BCUT2D eigenvalue weighted by molar-refractivity contribution is 6.30. The molecular formula is C26H33ClN2O2. The molecule has 1 heterocycles. The van der Waals surface area contributed by atoms with Crippen LogP contribution in [0, 0.1) is 0 Å². The first-order chi connectivity index (χ1) is 15.2. The van der Waals surface area contributed by atoms with Crippen molar-refractivity contribution in [1.82, 2.24) is 4.90 Å². The number of amides is 1. The van der Waals surface area contributed by atoms with Crippen molar-refractivity contribution in [3.05, 3.63) is 59.1 Å². The molecule has 0 spiro atoms. The van der Waals surface area contributed by atoms with Crippen molar-refractivity contribution >= 4 is 23.2 Å². The second-order valence-corrected chi connectivity index (χ2v) is 9.32. The van der Waals surface area contributed by atoms with Gasteiger partial charge in [-0.05, 0) is 87.2 Å². The first kappa shape index (κ1) is 22.2. The molecule has 0 bridgehead atoms. The Balaban J connectivity index is 1.30. The van der Waals surface area contributed by atoms with Crippen LogP contribution in [-0.4, -0.2) is 37.0 Å². The summed E-state index contributed by atoms with van der Waals surface area (Å²) in [7, 11) is 0. The first-order valence-electron chi connectivity index (χ1n) is 11.7. The molecule has 0 atom stereocenters. The predicted molar refractivity (Wildman–Crippen MR) is 127 cm³/mol. The standard InChI is InChI=1S/C26H33ClN2O2/c27-22-9-7-21(8-10-22)26(15-2-3-16-26)25(30)28-23-11-13-24(14-12-23)31-20-6-19-29-17-4-1-5-18-29/h7-14H,1-6,15-20H2,(H,28,30). The molecule has 166 valence electrons. The molecule has 0 unspecified atom stereocenters. The van der Waals surface area contributed by atoms with Gasteiger partial charge in [-0.3, -0.25) is 4.79 Å². The molecule has 1 amide bonds. The third-order valence-electron chi connectivity index (χ3n) is 6.74. The minimum absolute atomic E-state index is 0.0718. The van der Waals surface area contributed by atoms with Crippen LogP contribution in [0.3, 0.4) is 0 Å². The van der Waals surface area contributed by atoms with Gasteiger partial charge in [0.15, 0.2) is 0 Å². The van der Waals surface area contributed by atoms with E-state index in [2.05, 4.69) is 10.2 Å². The Morgan fingerprint density at radius 3 is 2.29 bits per heavy atom. The second-order valence-electron chi connectivity index (χ2n) is 8.88. The Kier molecular flexibility index (Phi) is 7.52. The number of hydrogen-bond donors (Lipinski definition) is 1. The molecule has 0 aromatic heterocycles. The van der Waals surface area contributed by atoms with Gasteiger partial charge < -0.3 is 15.0 Å². The fourth-order valence-electron chi connectivity index (χ4n) is 4.94. The SMILES string of the molecule is O=C(Nc1ccc(OCCCN2CCCCC2)cc1)C1(c2ccc(Cl)cc2)CCCC1. The van der Waals surface area contributed by atoms with E-state index in [0.717, 1.165) is 62.3 Å². The van der Waals surface area contributed by atoms with Crippen molar-refractivity contribution < 1.29 is 9.53 Å². The lowest BCUT2D eigenvalue weighted by Gasteiger charge is -2.28. The number of hydrogen-bond acceptors (Lipinski definition) is 3. The maximum atomic E-state index is 13.3. The van der Waals surface area contributed by atoms with E-state index in [9.17, 15) is 4.79 Å². The Hall–Kier alpha value is -2.04. The molecule has 5 heteroatoms. The van der Waals surface area contributed by atoms with Gasteiger partial charge in [0.2, 0.25) is 5.91 Å². The number of nitrogens with zero attached hydrogens (tertiary/aromatic N) is 1. The average Bonchev–Trinajstić information content (AvgIpc) is 3.30. The van der Waals surface area contributed by atoms with E-state index in [0.29, 0.717) is 5.02 Å². The molecule has 1 saturated carbocycles. The van der Waals surface area contributed by atoms with Crippen LogP contribution in [0.1, 0.15) is 56.9 Å². The van der Waals surface area contributed by atoms with Crippen LogP contribution < -0.4 is 10.1 Å². The van der Waals surface area contributed by atoms with Gasteiger partial charge in [-0.1, -0.05) is 43.0 Å². The van der Waals surface area contributed by atoms with Gasteiger partial charge in [0.25, 0.3) is 0 Å². The number of halogens is 1. The van der Waals surface area contributed by atoms with E-state index in [4.69, 9.17) is 16.3 Å². The lowest BCUT2D eigenvalue weighted by Crippen LogP contribution is -2.37. The van der Waals surface area contributed by atoms with E-state index < -0.39 is 5.41 Å². The highest BCUT2D eigenvalue weighted by Gasteiger charge is 2.42. The number of piperidine rings is 1. The molecular weight excluding hydrogens is 408 g/mol. The summed E-state index contributed by atoms with van der Waals surface area (Å²) >= 11 is 6.06. The van der Waals surface area contributed by atoms with E-state index in [1.165, 1.54) is 32.4 Å². The molecule has 1 aliphatic carbocycles. The summed E-state index contributed by atoms with van der Waals surface area (Å²) in [6.07, 6.45) is 8.96. The van der Waals surface area contributed by atoms with Gasteiger partial charge in [-0.25, -0.2) is 0 Å². The van der Waals surface area contributed by atoms with Crippen LogP contribution in [0.15, 0.2) is 48.5 Å². The lowest BCUT2D eigenvalue weighted by molar-refractivity contribution is -0.121. The zero-order valence-corrected chi connectivity index (χ0v) is 19.0. The molecule has 0 radical (unpaired) electrons. The van der Waals surface area contributed by atoms with Crippen molar-refractivity contribution in [2.75, 3.05) is 31.6 Å². The smallest absolute Gasteiger partial charge is 0.235 e. The molecule has 1 saturated heterocycles.